The molecule has 0 bridgehead atoms. The van der Waals surface area contributed by atoms with E-state index in [1.165, 1.54) is 11.9 Å². The Labute approximate surface area is 161 Å². The van der Waals surface area contributed by atoms with E-state index in [0.29, 0.717) is 11.4 Å². The van der Waals surface area contributed by atoms with Crippen molar-refractivity contribution in [3.8, 4) is 5.75 Å². The number of fused-ring (bicyclic) bond motifs is 1. The van der Waals surface area contributed by atoms with Crippen LogP contribution in [0.5, 0.6) is 5.75 Å². The average molecular weight is 381 g/mol. The Morgan fingerprint density at radius 2 is 1.57 bits per heavy atom. The minimum atomic E-state index is -0.514. The highest BCUT2D eigenvalue weighted by molar-refractivity contribution is 6.22. The first-order chi connectivity index (χ1) is 13.4. The molecule has 144 valence electrons. The molecule has 1 N–H and O–H groups in total. The van der Waals surface area contributed by atoms with Gasteiger partial charge in [-0.15, -0.1) is 0 Å². The van der Waals surface area contributed by atoms with Crippen LogP contribution in [0, 0.1) is 0 Å². The molecular weight excluding hydrogens is 362 g/mol. The number of anilines is 1. The molecule has 2 aromatic carbocycles. The van der Waals surface area contributed by atoms with Crippen LogP contribution in [0.2, 0.25) is 0 Å². The highest BCUT2D eigenvalue weighted by Gasteiger charge is 2.36. The summed E-state index contributed by atoms with van der Waals surface area (Å²) in [5, 5.41) is 2.67. The second kappa shape index (κ2) is 7.91. The van der Waals surface area contributed by atoms with E-state index in [2.05, 4.69) is 5.32 Å². The summed E-state index contributed by atoms with van der Waals surface area (Å²) in [5.74, 6) is -1.27. The van der Waals surface area contributed by atoms with Crippen LogP contribution < -0.4 is 10.1 Å². The van der Waals surface area contributed by atoms with Gasteiger partial charge < -0.3 is 15.0 Å². The van der Waals surface area contributed by atoms with Crippen LogP contribution in [0.3, 0.4) is 0 Å². The van der Waals surface area contributed by atoms with Gasteiger partial charge in [0.1, 0.15) is 12.3 Å². The molecule has 3 rings (SSSR count). The number of ether oxygens (including phenoxy) is 1. The van der Waals surface area contributed by atoms with Gasteiger partial charge in [0.15, 0.2) is 0 Å². The summed E-state index contributed by atoms with van der Waals surface area (Å²) in [5.41, 5.74) is 1.12. The third-order valence-corrected chi connectivity index (χ3v) is 4.35. The zero-order valence-electron chi connectivity index (χ0n) is 15.5. The number of carbonyl (C=O) groups is 4. The first-order valence-electron chi connectivity index (χ1n) is 8.54. The lowest BCUT2D eigenvalue weighted by Gasteiger charge is -2.20. The Kier molecular flexibility index (Phi) is 5.39. The first kappa shape index (κ1) is 19.1. The first-order valence-corrected chi connectivity index (χ1v) is 8.54. The zero-order chi connectivity index (χ0) is 20.3. The molecule has 0 aromatic heterocycles. The smallest absolute Gasteiger partial charge is 0.262 e. The van der Waals surface area contributed by atoms with Gasteiger partial charge in [-0.05, 0) is 36.4 Å². The van der Waals surface area contributed by atoms with Crippen LogP contribution >= 0.6 is 0 Å². The fourth-order valence-electron chi connectivity index (χ4n) is 2.82. The molecule has 2 aromatic rings. The van der Waals surface area contributed by atoms with Crippen LogP contribution in [-0.4, -0.2) is 60.7 Å². The quantitative estimate of drug-likeness (QED) is 0.763. The SMILES string of the molecule is COc1ccc(NC(=O)CN(C)C(=O)CN2C(=O)c3ccccc3C2=O)cc1. The predicted octanol–water partition coefficient (Wildman–Crippen LogP) is 1.39. The number of amides is 4. The molecule has 0 aliphatic carbocycles. The fraction of sp³-hybridized carbons (Fsp3) is 0.200. The predicted molar refractivity (Wildman–Crippen MR) is 101 cm³/mol. The second-order valence-corrected chi connectivity index (χ2v) is 6.27. The molecule has 1 aliphatic rings. The van der Waals surface area contributed by atoms with Crippen molar-refractivity contribution in [2.24, 2.45) is 0 Å². The normalized spacial score (nSPS) is 12.6. The number of nitrogens with zero attached hydrogens (tertiary/aromatic N) is 2. The Hall–Kier alpha value is -3.68. The minimum Gasteiger partial charge on any atom is -0.497 e. The van der Waals surface area contributed by atoms with Crippen molar-refractivity contribution >= 4 is 29.3 Å². The molecule has 0 atom stereocenters. The van der Waals surface area contributed by atoms with Gasteiger partial charge in [0.05, 0.1) is 24.8 Å². The largest absolute Gasteiger partial charge is 0.497 e. The summed E-state index contributed by atoms with van der Waals surface area (Å²) in [4.78, 5) is 51.3. The number of hydrogen-bond donors (Lipinski definition) is 1. The number of carbonyl (C=O) groups excluding carboxylic acids is 4. The van der Waals surface area contributed by atoms with Crippen molar-refractivity contribution in [3.63, 3.8) is 0 Å². The standard InChI is InChI=1S/C20H19N3O5/c1-22(11-17(24)21-13-7-9-14(28-2)10-8-13)18(25)12-23-19(26)15-5-3-4-6-16(15)20(23)27/h3-10H,11-12H2,1-2H3,(H,21,24). The lowest BCUT2D eigenvalue weighted by Crippen LogP contribution is -2.43. The topological polar surface area (TPSA) is 96.0 Å². The number of methoxy groups -OCH3 is 1. The van der Waals surface area contributed by atoms with E-state index >= 15 is 0 Å². The molecule has 0 saturated heterocycles. The van der Waals surface area contributed by atoms with Crippen molar-refractivity contribution in [1.82, 2.24) is 9.80 Å². The van der Waals surface area contributed by atoms with Gasteiger partial charge in [-0.25, -0.2) is 0 Å². The second-order valence-electron chi connectivity index (χ2n) is 6.27. The Bertz CT molecular complexity index is 904. The number of rotatable bonds is 6. The van der Waals surface area contributed by atoms with E-state index in [-0.39, 0.29) is 17.7 Å². The van der Waals surface area contributed by atoms with Crippen LogP contribution in [0.25, 0.3) is 0 Å². The van der Waals surface area contributed by atoms with Crippen LogP contribution in [0.1, 0.15) is 20.7 Å². The van der Waals surface area contributed by atoms with Crippen molar-refractivity contribution in [3.05, 3.63) is 59.7 Å². The monoisotopic (exact) mass is 381 g/mol. The Balaban J connectivity index is 1.56. The van der Waals surface area contributed by atoms with Crippen LogP contribution in [0.4, 0.5) is 5.69 Å². The molecule has 1 heterocycles. The number of likely N-dealkylation sites (N-methyl/N-ethyl adjacent to an activating group) is 1. The van der Waals surface area contributed by atoms with Gasteiger partial charge in [-0.3, -0.25) is 24.1 Å². The fourth-order valence-corrected chi connectivity index (χ4v) is 2.82. The lowest BCUT2D eigenvalue weighted by atomic mass is 10.1. The Morgan fingerprint density at radius 3 is 2.11 bits per heavy atom. The van der Waals surface area contributed by atoms with E-state index in [0.717, 1.165) is 4.90 Å². The van der Waals surface area contributed by atoms with Gasteiger partial charge in [-0.2, -0.15) is 0 Å². The van der Waals surface area contributed by atoms with E-state index < -0.39 is 30.2 Å². The van der Waals surface area contributed by atoms with Gasteiger partial charge >= 0.3 is 0 Å². The van der Waals surface area contributed by atoms with E-state index in [9.17, 15) is 19.2 Å². The Morgan fingerprint density at radius 1 is 1.00 bits per heavy atom. The van der Waals surface area contributed by atoms with E-state index in [1.807, 2.05) is 0 Å². The molecule has 0 spiro atoms. The van der Waals surface area contributed by atoms with Gasteiger partial charge in [0.25, 0.3) is 11.8 Å². The molecule has 8 nitrogen and oxygen atoms in total. The third-order valence-electron chi connectivity index (χ3n) is 4.35. The summed E-state index contributed by atoms with van der Waals surface area (Å²) in [6.45, 7) is -0.632. The summed E-state index contributed by atoms with van der Waals surface area (Å²) in [6.07, 6.45) is 0. The highest BCUT2D eigenvalue weighted by atomic mass is 16.5. The molecule has 4 amide bonds. The maximum absolute atomic E-state index is 12.4. The molecular formula is C20H19N3O5. The van der Waals surface area contributed by atoms with Gasteiger partial charge in [0.2, 0.25) is 11.8 Å². The minimum absolute atomic E-state index is 0.214. The zero-order valence-corrected chi connectivity index (χ0v) is 15.5. The molecule has 28 heavy (non-hydrogen) atoms. The summed E-state index contributed by atoms with van der Waals surface area (Å²) in [7, 11) is 2.98. The van der Waals surface area contributed by atoms with Crippen molar-refractivity contribution in [2.75, 3.05) is 32.6 Å². The van der Waals surface area contributed by atoms with Crippen LogP contribution in [0.15, 0.2) is 48.5 Å². The van der Waals surface area contributed by atoms with Crippen molar-refractivity contribution in [2.45, 2.75) is 0 Å². The van der Waals surface area contributed by atoms with Crippen molar-refractivity contribution < 1.29 is 23.9 Å². The summed E-state index contributed by atoms with van der Waals surface area (Å²) >= 11 is 0. The maximum Gasteiger partial charge on any atom is 0.262 e. The number of benzene rings is 2. The van der Waals surface area contributed by atoms with Crippen molar-refractivity contribution in [1.29, 1.82) is 0 Å². The molecule has 8 heteroatoms. The molecule has 0 unspecified atom stereocenters. The van der Waals surface area contributed by atoms with E-state index in [1.54, 1.807) is 55.6 Å². The van der Waals surface area contributed by atoms with E-state index in [4.69, 9.17) is 4.74 Å². The molecule has 1 aliphatic heterocycles. The summed E-state index contributed by atoms with van der Waals surface area (Å²) in [6, 6.07) is 13.2. The number of imide groups is 1. The van der Waals surface area contributed by atoms with Crippen LogP contribution in [-0.2, 0) is 9.59 Å². The summed E-state index contributed by atoms with van der Waals surface area (Å²) < 4.78 is 5.05. The molecule has 0 fully saturated rings. The van der Waals surface area contributed by atoms with Gasteiger partial charge in [0, 0.05) is 12.7 Å². The lowest BCUT2D eigenvalue weighted by molar-refractivity contribution is -0.133. The highest BCUT2D eigenvalue weighted by Crippen LogP contribution is 2.22. The molecule has 0 saturated carbocycles. The number of nitrogens with one attached hydrogen (secondary N) is 1. The van der Waals surface area contributed by atoms with Gasteiger partial charge in [-0.1, -0.05) is 12.1 Å². The maximum atomic E-state index is 12.4. The average Bonchev–Trinajstić information content (AvgIpc) is 2.93. The molecule has 0 radical (unpaired) electrons. The third kappa shape index (κ3) is 3.85. The number of hydrogen-bond acceptors (Lipinski definition) is 5.